The number of amides is 1. The fourth-order valence-corrected chi connectivity index (χ4v) is 3.61. The Kier molecular flexibility index (Phi) is 5.34. The second kappa shape index (κ2) is 8.06. The third kappa shape index (κ3) is 3.89. The number of likely N-dealkylation sites (tertiary alicyclic amines) is 1. The molecule has 0 saturated carbocycles. The van der Waals surface area contributed by atoms with Crippen LogP contribution in [0.5, 0.6) is 17.4 Å². The van der Waals surface area contributed by atoms with Crippen molar-refractivity contribution in [2.24, 2.45) is 5.92 Å². The lowest BCUT2D eigenvalue weighted by atomic mass is 9.96. The van der Waals surface area contributed by atoms with Gasteiger partial charge in [0.2, 0.25) is 11.8 Å². The minimum Gasteiger partial charge on any atom is -0.486 e. The summed E-state index contributed by atoms with van der Waals surface area (Å²) in [4.78, 5) is 19.5. The van der Waals surface area contributed by atoms with Crippen molar-refractivity contribution in [3.05, 3.63) is 30.3 Å². The summed E-state index contributed by atoms with van der Waals surface area (Å²) in [5, 5.41) is 3.04. The van der Waals surface area contributed by atoms with E-state index in [0.29, 0.717) is 42.0 Å². The van der Waals surface area contributed by atoms with Crippen LogP contribution in [0.15, 0.2) is 30.3 Å². The van der Waals surface area contributed by atoms with Crippen LogP contribution in [0.4, 0.5) is 5.69 Å². The molecule has 3 heterocycles. The molecule has 0 bridgehead atoms. The highest BCUT2D eigenvalue weighted by Crippen LogP contribution is 2.40. The molecule has 2 aliphatic rings. The van der Waals surface area contributed by atoms with Gasteiger partial charge >= 0.3 is 0 Å². The van der Waals surface area contributed by atoms with Gasteiger partial charge in [-0.3, -0.25) is 4.79 Å². The number of para-hydroxylation sites is 1. The van der Waals surface area contributed by atoms with Gasteiger partial charge in [-0.15, -0.1) is 0 Å². The van der Waals surface area contributed by atoms with Crippen molar-refractivity contribution < 1.29 is 19.0 Å². The first-order valence-corrected chi connectivity index (χ1v) is 9.58. The van der Waals surface area contributed by atoms with Crippen molar-refractivity contribution in [3.8, 4) is 28.6 Å². The van der Waals surface area contributed by atoms with Gasteiger partial charge < -0.3 is 24.4 Å². The van der Waals surface area contributed by atoms with E-state index in [4.69, 9.17) is 14.2 Å². The number of carbonyl (C=O) groups is 1. The van der Waals surface area contributed by atoms with Crippen molar-refractivity contribution in [3.63, 3.8) is 0 Å². The Morgan fingerprint density at radius 3 is 2.79 bits per heavy atom. The minimum atomic E-state index is 0.0278. The molecule has 0 radical (unpaired) electrons. The molecule has 1 amide bonds. The summed E-state index contributed by atoms with van der Waals surface area (Å²) < 4.78 is 16.8. The number of hydrogen-bond donors (Lipinski definition) is 1. The molecule has 1 aromatic carbocycles. The van der Waals surface area contributed by atoms with E-state index < -0.39 is 0 Å². The van der Waals surface area contributed by atoms with Gasteiger partial charge in [0.15, 0.2) is 11.5 Å². The molecule has 1 fully saturated rings. The lowest BCUT2D eigenvalue weighted by Crippen LogP contribution is -2.35. The first kappa shape index (κ1) is 18.6. The highest BCUT2D eigenvalue weighted by Gasteiger charge is 2.24. The van der Waals surface area contributed by atoms with E-state index in [-0.39, 0.29) is 11.8 Å². The van der Waals surface area contributed by atoms with Crippen molar-refractivity contribution >= 4 is 11.6 Å². The summed E-state index contributed by atoms with van der Waals surface area (Å²) in [5.74, 6) is 1.87. The third-order valence-electron chi connectivity index (χ3n) is 5.21. The molecule has 28 heavy (non-hydrogen) atoms. The summed E-state index contributed by atoms with van der Waals surface area (Å²) >= 11 is 0. The fourth-order valence-electron chi connectivity index (χ4n) is 3.61. The van der Waals surface area contributed by atoms with E-state index in [0.717, 1.165) is 31.5 Å². The van der Waals surface area contributed by atoms with E-state index in [9.17, 15) is 4.79 Å². The predicted octanol–water partition coefficient (Wildman–Crippen LogP) is 2.81. The van der Waals surface area contributed by atoms with Crippen LogP contribution in [-0.2, 0) is 4.79 Å². The van der Waals surface area contributed by atoms with Crippen molar-refractivity contribution in [2.45, 2.75) is 12.8 Å². The number of nitrogens with zero attached hydrogens (tertiary/aromatic N) is 2. The Morgan fingerprint density at radius 2 is 2.00 bits per heavy atom. The maximum absolute atomic E-state index is 12.7. The van der Waals surface area contributed by atoms with Crippen LogP contribution in [0.1, 0.15) is 12.8 Å². The molecule has 1 saturated heterocycles. The Labute approximate surface area is 164 Å². The predicted molar refractivity (Wildman–Crippen MR) is 106 cm³/mol. The van der Waals surface area contributed by atoms with E-state index in [1.54, 1.807) is 13.2 Å². The highest BCUT2D eigenvalue weighted by atomic mass is 16.6. The molecule has 1 N–H and O–H groups in total. The van der Waals surface area contributed by atoms with Gasteiger partial charge in [-0.05, 0) is 51.2 Å². The number of carbonyl (C=O) groups excluding carboxylic acids is 1. The van der Waals surface area contributed by atoms with Crippen molar-refractivity contribution in [1.82, 2.24) is 9.88 Å². The molecule has 7 heteroatoms. The first-order chi connectivity index (χ1) is 13.6. The number of aromatic nitrogens is 1. The summed E-state index contributed by atoms with van der Waals surface area (Å²) in [6, 6.07) is 9.30. The number of fused-ring (bicyclic) bond motifs is 1. The molecule has 1 aromatic heterocycles. The van der Waals surface area contributed by atoms with Gasteiger partial charge in [-0.1, -0.05) is 6.07 Å². The molecular weight excluding hydrogens is 358 g/mol. The average molecular weight is 383 g/mol. The summed E-state index contributed by atoms with van der Waals surface area (Å²) in [6.07, 6.45) is 1.74. The molecule has 0 unspecified atom stereocenters. The number of nitrogens with one attached hydrogen (secondary N) is 1. The molecule has 7 nitrogen and oxygen atoms in total. The van der Waals surface area contributed by atoms with Crippen molar-refractivity contribution in [1.29, 1.82) is 0 Å². The number of pyridine rings is 1. The molecule has 2 aliphatic heterocycles. The molecule has 148 valence electrons. The maximum atomic E-state index is 12.7. The van der Waals surface area contributed by atoms with Crippen LogP contribution in [0.2, 0.25) is 0 Å². The zero-order valence-electron chi connectivity index (χ0n) is 16.2. The van der Waals surface area contributed by atoms with Gasteiger partial charge in [-0.25, -0.2) is 4.98 Å². The highest BCUT2D eigenvalue weighted by molar-refractivity contribution is 5.93. The lowest BCUT2D eigenvalue weighted by molar-refractivity contribution is -0.121. The fraction of sp³-hybridized carbons (Fsp3) is 0.429. The van der Waals surface area contributed by atoms with Gasteiger partial charge in [0.25, 0.3) is 0 Å². The Bertz CT molecular complexity index is 863. The molecule has 4 rings (SSSR count). The number of piperidine rings is 1. The number of rotatable bonds is 4. The molecule has 0 aliphatic carbocycles. The standard InChI is InChI=1S/C21H25N3O4/c1-24-8-6-14(7-9-24)21(25)22-15-12-17(23-19(13-15)26-2)16-4-3-5-18-20(16)28-11-10-27-18/h3-5,12-14H,6-11H2,1-2H3,(H,22,23,25). The molecule has 2 aromatic rings. The monoisotopic (exact) mass is 383 g/mol. The zero-order valence-corrected chi connectivity index (χ0v) is 16.2. The van der Waals surface area contributed by atoms with E-state index >= 15 is 0 Å². The van der Waals surface area contributed by atoms with E-state index in [1.165, 1.54) is 0 Å². The van der Waals surface area contributed by atoms with Crippen LogP contribution in [0, 0.1) is 5.92 Å². The minimum absolute atomic E-state index is 0.0278. The lowest BCUT2D eigenvalue weighted by Gasteiger charge is -2.28. The smallest absolute Gasteiger partial charge is 0.227 e. The first-order valence-electron chi connectivity index (χ1n) is 9.58. The van der Waals surface area contributed by atoms with Crippen LogP contribution < -0.4 is 19.5 Å². The molecular formula is C21H25N3O4. The van der Waals surface area contributed by atoms with Crippen LogP contribution >= 0.6 is 0 Å². The third-order valence-corrected chi connectivity index (χ3v) is 5.21. The van der Waals surface area contributed by atoms with Gasteiger partial charge in [0.1, 0.15) is 13.2 Å². The number of benzene rings is 1. The Morgan fingerprint density at radius 1 is 1.21 bits per heavy atom. The van der Waals surface area contributed by atoms with E-state index in [1.807, 2.05) is 24.3 Å². The van der Waals surface area contributed by atoms with Gasteiger partial charge in [0, 0.05) is 23.2 Å². The van der Waals surface area contributed by atoms with Crippen LogP contribution in [0.25, 0.3) is 11.3 Å². The van der Waals surface area contributed by atoms with Gasteiger partial charge in [-0.2, -0.15) is 0 Å². The summed E-state index contributed by atoms with van der Waals surface area (Å²) in [5.41, 5.74) is 2.14. The second-order valence-electron chi connectivity index (χ2n) is 7.18. The summed E-state index contributed by atoms with van der Waals surface area (Å²) in [7, 11) is 3.65. The SMILES string of the molecule is COc1cc(NC(=O)C2CCN(C)CC2)cc(-c2cccc3c2OCCO3)n1. The van der Waals surface area contributed by atoms with Gasteiger partial charge in [0.05, 0.1) is 12.8 Å². The van der Waals surface area contributed by atoms with Crippen LogP contribution in [0.3, 0.4) is 0 Å². The molecule has 0 spiro atoms. The normalized spacial score (nSPS) is 17.2. The second-order valence-corrected chi connectivity index (χ2v) is 7.18. The quantitative estimate of drug-likeness (QED) is 0.875. The van der Waals surface area contributed by atoms with Crippen molar-refractivity contribution in [2.75, 3.05) is 45.8 Å². The average Bonchev–Trinajstić information content (AvgIpc) is 2.73. The largest absolute Gasteiger partial charge is 0.486 e. The Balaban J connectivity index is 1.61. The van der Waals surface area contributed by atoms with E-state index in [2.05, 4.69) is 22.2 Å². The number of methoxy groups -OCH3 is 1. The van der Waals surface area contributed by atoms with Crippen LogP contribution in [-0.4, -0.2) is 56.3 Å². The summed E-state index contributed by atoms with van der Waals surface area (Å²) in [6.45, 7) is 2.90. The number of hydrogen-bond acceptors (Lipinski definition) is 6. The number of anilines is 1. The molecule has 0 atom stereocenters. The number of ether oxygens (including phenoxy) is 3. The zero-order chi connectivity index (χ0) is 19.5. The topological polar surface area (TPSA) is 72.9 Å². The maximum Gasteiger partial charge on any atom is 0.227 e. The Hall–Kier alpha value is -2.80.